The Kier molecular flexibility index (Phi) is 4.18. The fourth-order valence-electron chi connectivity index (χ4n) is 1.61. The first-order chi connectivity index (χ1) is 9.19. The molecule has 0 aliphatic rings. The summed E-state index contributed by atoms with van der Waals surface area (Å²) >= 11 is 0. The van der Waals surface area contributed by atoms with Crippen LogP contribution in [-0.4, -0.2) is 17.5 Å². The Hall–Kier alpha value is -2.30. The predicted octanol–water partition coefficient (Wildman–Crippen LogP) is 2.07. The van der Waals surface area contributed by atoms with Crippen molar-refractivity contribution >= 4 is 5.96 Å². The number of oxazole rings is 1. The van der Waals surface area contributed by atoms with Gasteiger partial charge in [-0.1, -0.05) is 17.7 Å². The van der Waals surface area contributed by atoms with Gasteiger partial charge in [-0.3, -0.25) is 0 Å². The van der Waals surface area contributed by atoms with Crippen LogP contribution in [0.5, 0.6) is 0 Å². The minimum atomic E-state index is 0.411. The molecule has 5 heteroatoms. The zero-order valence-corrected chi connectivity index (χ0v) is 11.2. The van der Waals surface area contributed by atoms with Gasteiger partial charge in [0.1, 0.15) is 12.0 Å². The van der Waals surface area contributed by atoms with Gasteiger partial charge in [-0.05, 0) is 26.0 Å². The fourth-order valence-corrected chi connectivity index (χ4v) is 1.61. The largest absolute Gasteiger partial charge is 0.444 e. The minimum absolute atomic E-state index is 0.411. The number of benzene rings is 1. The van der Waals surface area contributed by atoms with Crippen molar-refractivity contribution in [2.45, 2.75) is 20.4 Å². The molecule has 1 aromatic carbocycles. The van der Waals surface area contributed by atoms with E-state index < -0.39 is 0 Å². The summed E-state index contributed by atoms with van der Waals surface area (Å²) in [6.07, 6.45) is 1.61. The molecule has 100 valence electrons. The fraction of sp³-hybridized carbons (Fsp3) is 0.286. The monoisotopic (exact) mass is 258 g/mol. The van der Waals surface area contributed by atoms with Gasteiger partial charge in [-0.25, -0.2) is 9.98 Å². The van der Waals surface area contributed by atoms with Crippen LogP contribution in [0.15, 0.2) is 39.9 Å². The second-order valence-corrected chi connectivity index (χ2v) is 4.24. The Bertz CT molecular complexity index is 557. The molecule has 0 unspecified atom stereocenters. The third-order valence-corrected chi connectivity index (χ3v) is 2.62. The third kappa shape index (κ3) is 3.58. The molecular weight excluding hydrogens is 240 g/mol. The average Bonchev–Trinajstić information content (AvgIpc) is 2.86. The molecule has 2 rings (SSSR count). The van der Waals surface area contributed by atoms with Crippen LogP contribution < -0.4 is 11.1 Å². The van der Waals surface area contributed by atoms with Crippen molar-refractivity contribution < 1.29 is 4.42 Å². The molecule has 0 radical (unpaired) electrons. The molecule has 1 heterocycles. The molecule has 0 atom stereocenters. The highest BCUT2D eigenvalue weighted by Crippen LogP contribution is 2.19. The molecule has 1 aromatic heterocycles. The van der Waals surface area contributed by atoms with Gasteiger partial charge in [0, 0.05) is 12.1 Å². The van der Waals surface area contributed by atoms with Crippen LogP contribution in [0.2, 0.25) is 0 Å². The lowest BCUT2D eigenvalue weighted by Gasteiger charge is -1.99. The summed E-state index contributed by atoms with van der Waals surface area (Å²) in [5, 5.41) is 2.93. The number of hydrogen-bond acceptors (Lipinski definition) is 3. The van der Waals surface area contributed by atoms with Gasteiger partial charge >= 0.3 is 0 Å². The number of aryl methyl sites for hydroxylation is 1. The van der Waals surface area contributed by atoms with Gasteiger partial charge in [-0.2, -0.15) is 0 Å². The van der Waals surface area contributed by atoms with Crippen LogP contribution in [0.25, 0.3) is 11.5 Å². The highest BCUT2D eigenvalue weighted by atomic mass is 16.3. The number of hydrogen-bond donors (Lipinski definition) is 2. The number of nitrogens with one attached hydrogen (secondary N) is 1. The third-order valence-electron chi connectivity index (χ3n) is 2.62. The molecule has 0 fully saturated rings. The smallest absolute Gasteiger partial charge is 0.226 e. The zero-order chi connectivity index (χ0) is 13.7. The van der Waals surface area contributed by atoms with Crippen LogP contribution in [0.3, 0.4) is 0 Å². The number of nitrogens with zero attached hydrogens (tertiary/aromatic N) is 2. The topological polar surface area (TPSA) is 76.4 Å². The molecule has 5 nitrogen and oxygen atoms in total. The highest BCUT2D eigenvalue weighted by Gasteiger charge is 2.06. The van der Waals surface area contributed by atoms with E-state index in [1.165, 1.54) is 5.56 Å². The Morgan fingerprint density at radius 3 is 2.79 bits per heavy atom. The van der Waals surface area contributed by atoms with Gasteiger partial charge in [0.15, 0.2) is 5.96 Å². The first-order valence-corrected chi connectivity index (χ1v) is 6.24. The molecule has 2 aromatic rings. The first-order valence-electron chi connectivity index (χ1n) is 6.24. The van der Waals surface area contributed by atoms with Gasteiger partial charge in [0.05, 0.1) is 6.54 Å². The number of aliphatic imine (C=N–C) groups is 1. The van der Waals surface area contributed by atoms with Gasteiger partial charge < -0.3 is 15.5 Å². The molecule has 0 bridgehead atoms. The molecule has 19 heavy (non-hydrogen) atoms. The standard InChI is InChI=1S/C14H18N4O/c1-3-16-14(15)17-8-12-9-19-13(18-12)11-6-4-10(2)5-7-11/h4-7,9H,3,8H2,1-2H3,(H3,15,16,17). The predicted molar refractivity (Wildman–Crippen MR) is 75.7 cm³/mol. The summed E-state index contributed by atoms with van der Waals surface area (Å²) in [6, 6.07) is 8.03. The first kappa shape index (κ1) is 13.1. The molecular formula is C14H18N4O. The lowest BCUT2D eigenvalue weighted by atomic mass is 10.1. The van der Waals surface area contributed by atoms with E-state index in [-0.39, 0.29) is 0 Å². The summed E-state index contributed by atoms with van der Waals surface area (Å²) in [4.78, 5) is 8.55. The highest BCUT2D eigenvalue weighted by molar-refractivity contribution is 5.77. The Labute approximate surface area is 112 Å². The second-order valence-electron chi connectivity index (χ2n) is 4.24. The summed E-state index contributed by atoms with van der Waals surface area (Å²) in [5.41, 5.74) is 8.57. The molecule has 0 aliphatic carbocycles. The maximum Gasteiger partial charge on any atom is 0.226 e. The quantitative estimate of drug-likeness (QED) is 0.650. The van der Waals surface area contributed by atoms with Gasteiger partial charge in [0.2, 0.25) is 5.89 Å². The SMILES string of the molecule is CCNC(N)=NCc1coc(-c2ccc(C)cc2)n1. The van der Waals surface area contributed by atoms with E-state index >= 15 is 0 Å². The van der Waals surface area contributed by atoms with E-state index in [4.69, 9.17) is 10.2 Å². The van der Waals surface area contributed by atoms with Crippen molar-refractivity contribution in [1.29, 1.82) is 0 Å². The van der Waals surface area contributed by atoms with Gasteiger partial charge in [-0.15, -0.1) is 0 Å². The van der Waals surface area contributed by atoms with E-state index in [9.17, 15) is 0 Å². The van der Waals surface area contributed by atoms with E-state index in [2.05, 4.69) is 15.3 Å². The normalized spacial score (nSPS) is 11.6. The molecule has 0 saturated heterocycles. The minimum Gasteiger partial charge on any atom is -0.444 e. The van der Waals surface area contributed by atoms with Gasteiger partial charge in [0.25, 0.3) is 0 Å². The lowest BCUT2D eigenvalue weighted by molar-refractivity contribution is 0.572. The van der Waals surface area contributed by atoms with Crippen molar-refractivity contribution in [2.75, 3.05) is 6.54 Å². The van der Waals surface area contributed by atoms with Crippen molar-refractivity contribution in [1.82, 2.24) is 10.3 Å². The molecule has 0 spiro atoms. The van der Waals surface area contributed by atoms with Crippen LogP contribution in [-0.2, 0) is 6.54 Å². The Balaban J connectivity index is 2.07. The lowest BCUT2D eigenvalue weighted by Crippen LogP contribution is -2.31. The van der Waals surface area contributed by atoms with Crippen molar-refractivity contribution in [3.05, 3.63) is 41.8 Å². The summed E-state index contributed by atoms with van der Waals surface area (Å²) in [7, 11) is 0. The van der Waals surface area contributed by atoms with Crippen molar-refractivity contribution in [3.8, 4) is 11.5 Å². The zero-order valence-electron chi connectivity index (χ0n) is 11.2. The summed E-state index contributed by atoms with van der Waals surface area (Å²) in [5.74, 6) is 1.02. The number of aromatic nitrogens is 1. The molecule has 0 amide bonds. The number of guanidine groups is 1. The maximum atomic E-state index is 5.65. The Morgan fingerprint density at radius 2 is 2.11 bits per heavy atom. The van der Waals surface area contributed by atoms with E-state index in [0.717, 1.165) is 17.8 Å². The Morgan fingerprint density at radius 1 is 1.37 bits per heavy atom. The van der Waals surface area contributed by atoms with Crippen molar-refractivity contribution in [2.24, 2.45) is 10.7 Å². The van der Waals surface area contributed by atoms with E-state index in [1.807, 2.05) is 38.1 Å². The summed E-state index contributed by atoms with van der Waals surface area (Å²) in [6.45, 7) is 5.17. The summed E-state index contributed by atoms with van der Waals surface area (Å²) < 4.78 is 5.44. The van der Waals surface area contributed by atoms with E-state index in [0.29, 0.717) is 18.4 Å². The van der Waals surface area contributed by atoms with Crippen LogP contribution in [0, 0.1) is 6.92 Å². The molecule has 0 aliphatic heterocycles. The number of nitrogens with two attached hydrogens (primary N) is 1. The average molecular weight is 258 g/mol. The van der Waals surface area contributed by atoms with E-state index in [1.54, 1.807) is 6.26 Å². The molecule has 0 saturated carbocycles. The maximum absolute atomic E-state index is 5.65. The second kappa shape index (κ2) is 6.04. The van der Waals surface area contributed by atoms with Crippen LogP contribution in [0.4, 0.5) is 0 Å². The van der Waals surface area contributed by atoms with Crippen LogP contribution >= 0.6 is 0 Å². The van der Waals surface area contributed by atoms with Crippen molar-refractivity contribution in [3.63, 3.8) is 0 Å². The number of rotatable bonds is 4. The van der Waals surface area contributed by atoms with Crippen LogP contribution in [0.1, 0.15) is 18.2 Å². The molecule has 3 N–H and O–H groups in total.